The zero-order chi connectivity index (χ0) is 22.8. The van der Waals surface area contributed by atoms with Crippen molar-refractivity contribution in [1.82, 2.24) is 9.88 Å². The summed E-state index contributed by atoms with van der Waals surface area (Å²) in [5, 5.41) is 0.725. The fourth-order valence-electron chi connectivity index (χ4n) is 3.71. The minimum absolute atomic E-state index is 0.120. The van der Waals surface area contributed by atoms with Crippen LogP contribution in [0.4, 0.5) is 5.13 Å². The second-order valence-corrected chi connectivity index (χ2v) is 8.44. The number of methoxy groups -OCH3 is 1. The minimum Gasteiger partial charge on any atom is -0.497 e. The van der Waals surface area contributed by atoms with Gasteiger partial charge in [-0.2, -0.15) is 0 Å². The van der Waals surface area contributed by atoms with Crippen molar-refractivity contribution in [1.29, 1.82) is 0 Å². The molecule has 1 amide bonds. The number of hydrogen-bond donors (Lipinski definition) is 0. The highest BCUT2D eigenvalue weighted by atomic mass is 32.1. The van der Waals surface area contributed by atoms with Crippen LogP contribution in [0.5, 0.6) is 5.75 Å². The van der Waals surface area contributed by atoms with Crippen molar-refractivity contribution >= 4 is 28.2 Å². The quantitative estimate of drug-likeness (QED) is 0.396. The summed E-state index contributed by atoms with van der Waals surface area (Å²) in [5.41, 5.74) is 1.07. The number of anilines is 1. The molecule has 4 heterocycles. The van der Waals surface area contributed by atoms with E-state index in [-0.39, 0.29) is 11.7 Å². The van der Waals surface area contributed by atoms with Crippen LogP contribution in [0.1, 0.15) is 25.8 Å². The first-order valence-corrected chi connectivity index (χ1v) is 11.3. The maximum atomic E-state index is 13.3. The molecular weight excluding hydrogens is 442 g/mol. The summed E-state index contributed by atoms with van der Waals surface area (Å²) in [4.78, 5) is 35.0. The first-order valence-electron chi connectivity index (χ1n) is 10.4. The Kier molecular flexibility index (Phi) is 5.70. The average molecular weight is 464 g/mol. The minimum atomic E-state index is -0.126. The van der Waals surface area contributed by atoms with Gasteiger partial charge in [0, 0.05) is 31.7 Å². The van der Waals surface area contributed by atoms with Crippen molar-refractivity contribution in [3.63, 3.8) is 0 Å². The van der Waals surface area contributed by atoms with E-state index in [9.17, 15) is 9.59 Å². The summed E-state index contributed by atoms with van der Waals surface area (Å²) in [6.45, 7) is 2.29. The van der Waals surface area contributed by atoms with E-state index in [2.05, 4.69) is 4.90 Å². The highest BCUT2D eigenvalue weighted by molar-refractivity contribution is 7.18. The van der Waals surface area contributed by atoms with Gasteiger partial charge in [-0.3, -0.25) is 9.59 Å². The van der Waals surface area contributed by atoms with Crippen LogP contribution in [0.15, 0.2) is 69.9 Å². The molecule has 0 N–H and O–H groups in total. The number of nitrogens with zero attached hydrogens (tertiary/aromatic N) is 3. The van der Waals surface area contributed by atoms with Gasteiger partial charge in [0.1, 0.15) is 16.3 Å². The van der Waals surface area contributed by atoms with Gasteiger partial charge in [-0.05, 0) is 48.5 Å². The van der Waals surface area contributed by atoms with E-state index in [0.29, 0.717) is 59.6 Å². The number of rotatable bonds is 6. The highest BCUT2D eigenvalue weighted by Crippen LogP contribution is 2.35. The summed E-state index contributed by atoms with van der Waals surface area (Å²) in [6, 6.07) is 13.9. The predicted molar refractivity (Wildman–Crippen MR) is 123 cm³/mol. The fourth-order valence-corrected chi connectivity index (χ4v) is 4.79. The van der Waals surface area contributed by atoms with E-state index in [4.69, 9.17) is 18.6 Å². The lowest BCUT2D eigenvalue weighted by molar-refractivity contribution is 0.0714. The van der Waals surface area contributed by atoms with Crippen molar-refractivity contribution in [3.8, 4) is 17.2 Å². The van der Waals surface area contributed by atoms with Crippen molar-refractivity contribution < 1.29 is 23.2 Å². The van der Waals surface area contributed by atoms with E-state index in [0.717, 1.165) is 5.13 Å². The van der Waals surface area contributed by atoms with Crippen LogP contribution >= 0.6 is 11.3 Å². The Morgan fingerprint density at radius 3 is 2.33 bits per heavy atom. The van der Waals surface area contributed by atoms with Crippen molar-refractivity contribution in [2.45, 2.75) is 0 Å². The van der Waals surface area contributed by atoms with Gasteiger partial charge in [0.05, 0.1) is 19.6 Å². The van der Waals surface area contributed by atoms with E-state index in [1.165, 1.54) is 17.6 Å². The van der Waals surface area contributed by atoms with E-state index in [1.54, 1.807) is 66.8 Å². The Hall–Kier alpha value is -3.85. The molecule has 8 nitrogen and oxygen atoms in total. The summed E-state index contributed by atoms with van der Waals surface area (Å²) in [6.07, 6.45) is 3.06. The Balaban J connectivity index is 1.39. The Labute approximate surface area is 194 Å². The standard InChI is InChI=1S/C24H21N3O5S/c1-30-17-8-6-16(7-9-17)21(28)22-20(18-4-2-14-31-18)25-24(33-22)27-12-10-26(11-13-27)23(29)19-5-3-15-32-19/h2-9,14-15H,10-13H2,1H3. The zero-order valence-electron chi connectivity index (χ0n) is 17.9. The topological polar surface area (TPSA) is 89.0 Å². The lowest BCUT2D eigenvalue weighted by Gasteiger charge is -2.34. The van der Waals surface area contributed by atoms with E-state index in [1.807, 2.05) is 0 Å². The first-order chi connectivity index (χ1) is 16.1. The highest BCUT2D eigenvalue weighted by Gasteiger charge is 2.28. The monoisotopic (exact) mass is 463 g/mol. The maximum absolute atomic E-state index is 13.3. The van der Waals surface area contributed by atoms with Crippen LogP contribution in [0.3, 0.4) is 0 Å². The van der Waals surface area contributed by atoms with Gasteiger partial charge in [-0.25, -0.2) is 4.98 Å². The SMILES string of the molecule is COc1ccc(C(=O)c2sc(N3CCN(C(=O)c4ccco4)CC3)nc2-c2ccco2)cc1. The summed E-state index contributed by atoms with van der Waals surface area (Å²) < 4.78 is 16.0. The Bertz CT molecular complexity index is 1240. The molecule has 1 aliphatic heterocycles. The molecule has 33 heavy (non-hydrogen) atoms. The van der Waals surface area contributed by atoms with Gasteiger partial charge in [-0.15, -0.1) is 0 Å². The third kappa shape index (κ3) is 4.14. The molecule has 0 spiro atoms. The first kappa shape index (κ1) is 21.0. The molecule has 0 saturated carbocycles. The second kappa shape index (κ2) is 8.95. The molecule has 1 saturated heterocycles. The second-order valence-electron chi connectivity index (χ2n) is 7.47. The third-order valence-electron chi connectivity index (χ3n) is 5.50. The molecule has 0 unspecified atom stereocenters. The molecule has 9 heteroatoms. The molecule has 0 radical (unpaired) electrons. The number of piperazine rings is 1. The molecule has 168 valence electrons. The molecule has 1 fully saturated rings. The number of furan rings is 2. The van der Waals surface area contributed by atoms with Crippen molar-refractivity contribution in [2.24, 2.45) is 0 Å². The molecule has 0 atom stereocenters. The molecular formula is C24H21N3O5S. The fraction of sp³-hybridized carbons (Fsp3) is 0.208. The third-order valence-corrected chi connectivity index (χ3v) is 6.61. The van der Waals surface area contributed by atoms with E-state index >= 15 is 0 Å². The number of benzene rings is 1. The summed E-state index contributed by atoms with van der Waals surface area (Å²) in [7, 11) is 1.59. The number of thiazole rings is 1. The van der Waals surface area contributed by atoms with Crippen molar-refractivity contribution in [2.75, 3.05) is 38.2 Å². The summed E-state index contributed by atoms with van der Waals surface area (Å²) >= 11 is 1.34. The molecule has 0 bridgehead atoms. The van der Waals surface area contributed by atoms with Gasteiger partial charge >= 0.3 is 0 Å². The number of ether oxygens (including phenoxy) is 1. The van der Waals surface area contributed by atoms with Crippen LogP contribution in [0, 0.1) is 0 Å². The van der Waals surface area contributed by atoms with Gasteiger partial charge in [0.2, 0.25) is 5.78 Å². The normalized spacial score (nSPS) is 13.8. The molecule has 1 aliphatic rings. The van der Waals surface area contributed by atoms with E-state index < -0.39 is 0 Å². The number of ketones is 1. The molecule has 1 aromatic carbocycles. The van der Waals surface area contributed by atoms with Crippen LogP contribution in [-0.4, -0.2) is 54.9 Å². The number of hydrogen-bond acceptors (Lipinski definition) is 8. The number of carbonyl (C=O) groups excluding carboxylic acids is 2. The number of amides is 1. The summed E-state index contributed by atoms with van der Waals surface area (Å²) in [5.74, 6) is 1.32. The van der Waals surface area contributed by atoms with Gasteiger partial charge in [-0.1, -0.05) is 11.3 Å². The Morgan fingerprint density at radius 2 is 1.70 bits per heavy atom. The van der Waals surface area contributed by atoms with Crippen LogP contribution < -0.4 is 9.64 Å². The zero-order valence-corrected chi connectivity index (χ0v) is 18.7. The molecule has 4 aromatic rings. The van der Waals surface area contributed by atoms with Gasteiger partial charge < -0.3 is 23.4 Å². The van der Waals surface area contributed by atoms with Gasteiger partial charge in [0.25, 0.3) is 5.91 Å². The van der Waals surface area contributed by atoms with Crippen LogP contribution in [0.2, 0.25) is 0 Å². The largest absolute Gasteiger partial charge is 0.497 e. The Morgan fingerprint density at radius 1 is 0.970 bits per heavy atom. The lowest BCUT2D eigenvalue weighted by atomic mass is 10.1. The van der Waals surface area contributed by atoms with Gasteiger partial charge in [0.15, 0.2) is 16.7 Å². The lowest BCUT2D eigenvalue weighted by Crippen LogP contribution is -2.48. The predicted octanol–water partition coefficient (Wildman–Crippen LogP) is 4.20. The number of carbonyl (C=O) groups is 2. The maximum Gasteiger partial charge on any atom is 0.289 e. The molecule has 0 aliphatic carbocycles. The van der Waals surface area contributed by atoms with Crippen LogP contribution in [-0.2, 0) is 0 Å². The average Bonchev–Trinajstić information content (AvgIpc) is 3.64. The molecule has 3 aromatic heterocycles. The van der Waals surface area contributed by atoms with Crippen LogP contribution in [0.25, 0.3) is 11.5 Å². The van der Waals surface area contributed by atoms with Crippen molar-refractivity contribution in [3.05, 3.63) is 77.3 Å². The number of aromatic nitrogens is 1. The molecule has 5 rings (SSSR count). The smallest absolute Gasteiger partial charge is 0.289 e.